The highest BCUT2D eigenvalue weighted by Gasteiger charge is 2.41. The standard InChI is InChI=1S/C13H21N3O/c1-9-5-8-16-12(15)10(9)11(14)13(17-2)6-3-4-7-13/h5,8,11H,3-4,6-7,14H2,1-2H3,(H2,15,16). The molecule has 1 aromatic rings. The van der Waals surface area contributed by atoms with E-state index in [1.165, 1.54) is 12.8 Å². The number of hydrogen-bond acceptors (Lipinski definition) is 4. The molecule has 1 fully saturated rings. The Morgan fingerprint density at radius 1 is 1.41 bits per heavy atom. The van der Waals surface area contributed by atoms with Gasteiger partial charge in [-0.25, -0.2) is 4.98 Å². The lowest BCUT2D eigenvalue weighted by molar-refractivity contribution is -0.0264. The first-order valence-electron chi connectivity index (χ1n) is 6.12. The summed E-state index contributed by atoms with van der Waals surface area (Å²) in [6.07, 6.45) is 6.05. The minimum atomic E-state index is -0.262. The first-order valence-corrected chi connectivity index (χ1v) is 6.12. The molecule has 1 aliphatic carbocycles. The maximum atomic E-state index is 6.40. The van der Waals surface area contributed by atoms with Gasteiger partial charge in [-0.15, -0.1) is 0 Å². The maximum Gasteiger partial charge on any atom is 0.128 e. The van der Waals surface area contributed by atoms with Gasteiger partial charge in [-0.05, 0) is 31.4 Å². The number of nitrogens with zero attached hydrogens (tertiary/aromatic N) is 1. The highest BCUT2D eigenvalue weighted by atomic mass is 16.5. The molecular weight excluding hydrogens is 214 g/mol. The second kappa shape index (κ2) is 4.63. The molecule has 4 nitrogen and oxygen atoms in total. The summed E-state index contributed by atoms with van der Waals surface area (Å²) in [4.78, 5) is 4.14. The Hall–Kier alpha value is -1.13. The Balaban J connectivity index is 2.39. The summed E-state index contributed by atoms with van der Waals surface area (Å²) in [5, 5.41) is 0. The molecule has 0 amide bonds. The second-order valence-electron chi connectivity index (χ2n) is 4.88. The monoisotopic (exact) mass is 235 g/mol. The van der Waals surface area contributed by atoms with E-state index in [2.05, 4.69) is 4.98 Å². The van der Waals surface area contributed by atoms with Crippen LogP contribution in [0.15, 0.2) is 12.3 Å². The van der Waals surface area contributed by atoms with Gasteiger partial charge in [0.15, 0.2) is 0 Å². The number of methoxy groups -OCH3 is 1. The molecule has 0 spiro atoms. The van der Waals surface area contributed by atoms with Crippen molar-refractivity contribution in [2.75, 3.05) is 12.8 Å². The lowest BCUT2D eigenvalue weighted by atomic mass is 9.86. The van der Waals surface area contributed by atoms with Gasteiger partial charge in [-0.1, -0.05) is 12.8 Å². The van der Waals surface area contributed by atoms with Gasteiger partial charge in [0.05, 0.1) is 11.6 Å². The van der Waals surface area contributed by atoms with E-state index in [9.17, 15) is 0 Å². The smallest absolute Gasteiger partial charge is 0.128 e. The van der Waals surface area contributed by atoms with Crippen molar-refractivity contribution >= 4 is 5.82 Å². The van der Waals surface area contributed by atoms with Gasteiger partial charge < -0.3 is 16.2 Å². The summed E-state index contributed by atoms with van der Waals surface area (Å²) < 4.78 is 5.72. The molecule has 1 aromatic heterocycles. The van der Waals surface area contributed by atoms with Crippen molar-refractivity contribution in [3.63, 3.8) is 0 Å². The van der Waals surface area contributed by atoms with Crippen LogP contribution in [-0.2, 0) is 4.74 Å². The normalized spacial score (nSPS) is 20.4. The minimum absolute atomic E-state index is 0.191. The van der Waals surface area contributed by atoms with E-state index < -0.39 is 0 Å². The van der Waals surface area contributed by atoms with Crippen molar-refractivity contribution in [2.45, 2.75) is 44.2 Å². The summed E-state index contributed by atoms with van der Waals surface area (Å²) >= 11 is 0. The Kier molecular flexibility index (Phi) is 3.35. The van der Waals surface area contributed by atoms with E-state index in [1.807, 2.05) is 13.0 Å². The van der Waals surface area contributed by atoms with Crippen LogP contribution in [0.1, 0.15) is 42.9 Å². The molecule has 1 unspecified atom stereocenters. The Morgan fingerprint density at radius 3 is 2.59 bits per heavy atom. The van der Waals surface area contributed by atoms with E-state index in [0.29, 0.717) is 5.82 Å². The zero-order valence-corrected chi connectivity index (χ0v) is 10.6. The number of aromatic nitrogens is 1. The van der Waals surface area contributed by atoms with Gasteiger partial charge in [0.25, 0.3) is 0 Å². The third kappa shape index (κ3) is 2.03. The van der Waals surface area contributed by atoms with Crippen LogP contribution in [0.5, 0.6) is 0 Å². The average Bonchev–Trinajstić information content (AvgIpc) is 2.78. The molecule has 94 valence electrons. The zero-order chi connectivity index (χ0) is 12.5. The van der Waals surface area contributed by atoms with E-state index in [0.717, 1.165) is 24.0 Å². The number of hydrogen-bond donors (Lipinski definition) is 2. The topological polar surface area (TPSA) is 74.2 Å². The molecule has 0 bridgehead atoms. The van der Waals surface area contributed by atoms with E-state index >= 15 is 0 Å². The predicted molar refractivity (Wildman–Crippen MR) is 68.5 cm³/mol. The number of ether oxygens (including phenoxy) is 1. The van der Waals surface area contributed by atoms with E-state index in [1.54, 1.807) is 13.3 Å². The number of rotatable bonds is 3. The van der Waals surface area contributed by atoms with Crippen molar-refractivity contribution in [1.82, 2.24) is 4.98 Å². The zero-order valence-electron chi connectivity index (χ0n) is 10.6. The average molecular weight is 235 g/mol. The van der Waals surface area contributed by atoms with Crippen LogP contribution < -0.4 is 11.5 Å². The summed E-state index contributed by atoms with van der Waals surface area (Å²) in [7, 11) is 1.74. The maximum absolute atomic E-state index is 6.40. The Bertz CT molecular complexity index is 379. The molecule has 2 rings (SSSR count). The summed E-state index contributed by atoms with van der Waals surface area (Å²) in [5.74, 6) is 0.529. The fourth-order valence-corrected chi connectivity index (χ4v) is 2.87. The van der Waals surface area contributed by atoms with Gasteiger partial charge in [-0.3, -0.25) is 0 Å². The SMILES string of the molecule is COC1(C(N)c2c(C)ccnc2N)CCCC1. The third-order valence-corrected chi connectivity index (χ3v) is 3.97. The van der Waals surface area contributed by atoms with Crippen molar-refractivity contribution in [3.05, 3.63) is 23.4 Å². The van der Waals surface area contributed by atoms with Crippen LogP contribution in [0, 0.1) is 6.92 Å². The predicted octanol–water partition coefficient (Wildman–Crippen LogP) is 1.93. The fraction of sp³-hybridized carbons (Fsp3) is 0.615. The van der Waals surface area contributed by atoms with Gasteiger partial charge in [0.1, 0.15) is 5.82 Å². The molecule has 4 N–H and O–H groups in total. The molecular formula is C13H21N3O. The second-order valence-corrected chi connectivity index (χ2v) is 4.88. The quantitative estimate of drug-likeness (QED) is 0.839. The lowest BCUT2D eigenvalue weighted by Crippen LogP contribution is -2.41. The molecule has 0 aromatic carbocycles. The van der Waals surface area contributed by atoms with Gasteiger partial charge in [0.2, 0.25) is 0 Å². The number of nitrogens with two attached hydrogens (primary N) is 2. The first-order chi connectivity index (χ1) is 8.10. The number of pyridine rings is 1. The molecule has 1 saturated carbocycles. The van der Waals surface area contributed by atoms with Gasteiger partial charge in [-0.2, -0.15) is 0 Å². The molecule has 1 aliphatic rings. The lowest BCUT2D eigenvalue weighted by Gasteiger charge is -2.35. The van der Waals surface area contributed by atoms with Crippen LogP contribution in [0.25, 0.3) is 0 Å². The van der Waals surface area contributed by atoms with E-state index in [-0.39, 0.29) is 11.6 Å². The van der Waals surface area contributed by atoms with E-state index in [4.69, 9.17) is 16.2 Å². The minimum Gasteiger partial charge on any atom is -0.383 e. The van der Waals surface area contributed by atoms with Crippen LogP contribution in [0.2, 0.25) is 0 Å². The molecule has 17 heavy (non-hydrogen) atoms. The largest absolute Gasteiger partial charge is 0.383 e. The molecule has 0 saturated heterocycles. The van der Waals surface area contributed by atoms with Crippen LogP contribution >= 0.6 is 0 Å². The summed E-state index contributed by atoms with van der Waals surface area (Å²) in [6.45, 7) is 2.02. The van der Waals surface area contributed by atoms with Gasteiger partial charge >= 0.3 is 0 Å². The number of nitrogen functional groups attached to an aromatic ring is 1. The third-order valence-electron chi connectivity index (χ3n) is 3.97. The Morgan fingerprint density at radius 2 is 2.06 bits per heavy atom. The van der Waals surface area contributed by atoms with Crippen molar-refractivity contribution in [3.8, 4) is 0 Å². The summed E-state index contributed by atoms with van der Waals surface area (Å²) in [5.41, 5.74) is 14.1. The molecule has 0 aliphatic heterocycles. The van der Waals surface area contributed by atoms with Crippen LogP contribution in [0.3, 0.4) is 0 Å². The molecule has 4 heteroatoms. The summed E-state index contributed by atoms with van der Waals surface area (Å²) in [6, 6.07) is 1.76. The molecule has 0 radical (unpaired) electrons. The molecule has 1 heterocycles. The Labute approximate surface area is 102 Å². The van der Waals surface area contributed by atoms with Gasteiger partial charge in [0, 0.05) is 18.9 Å². The fourth-order valence-electron chi connectivity index (χ4n) is 2.87. The van der Waals surface area contributed by atoms with Crippen molar-refractivity contribution in [2.24, 2.45) is 5.73 Å². The number of aryl methyl sites for hydroxylation is 1. The van der Waals surface area contributed by atoms with Crippen LogP contribution in [-0.4, -0.2) is 17.7 Å². The van der Waals surface area contributed by atoms with Crippen molar-refractivity contribution < 1.29 is 4.74 Å². The highest BCUT2D eigenvalue weighted by Crippen LogP contribution is 2.42. The van der Waals surface area contributed by atoms with Crippen molar-refractivity contribution in [1.29, 1.82) is 0 Å². The highest BCUT2D eigenvalue weighted by molar-refractivity contribution is 5.47. The van der Waals surface area contributed by atoms with Crippen LogP contribution in [0.4, 0.5) is 5.82 Å². The number of anilines is 1. The first kappa shape index (κ1) is 12.3. The molecule has 1 atom stereocenters.